The van der Waals surface area contributed by atoms with Gasteiger partial charge >= 0.3 is 6.09 Å². The maximum absolute atomic E-state index is 12.3. The molecule has 0 radical (unpaired) electrons. The smallest absolute Gasteiger partial charge is 0.413 e. The number of benzene rings is 1. The van der Waals surface area contributed by atoms with E-state index in [9.17, 15) is 4.79 Å². The zero-order chi connectivity index (χ0) is 45.8. The third kappa shape index (κ3) is 17.7. The molecule has 0 unspecified atom stereocenters. The van der Waals surface area contributed by atoms with Crippen molar-refractivity contribution in [1.82, 2.24) is 0 Å². The number of carbonyl (C=O) groups excluding carboxylic acids is 1. The highest BCUT2D eigenvalue weighted by molar-refractivity contribution is 8.18. The summed E-state index contributed by atoms with van der Waals surface area (Å²) in [5, 5.41) is 0.374. The third-order valence-electron chi connectivity index (χ3n) is 11.2. The van der Waals surface area contributed by atoms with Crippen molar-refractivity contribution in [1.29, 1.82) is 0 Å². The Hall–Kier alpha value is -1.56. The second-order valence-electron chi connectivity index (χ2n) is 16.9. The van der Waals surface area contributed by atoms with Crippen LogP contribution in [-0.4, -0.2) is 123 Å². The quantitative estimate of drug-likeness (QED) is 0.0276. The van der Waals surface area contributed by atoms with E-state index in [1.165, 1.54) is 12.0 Å². The Morgan fingerprint density at radius 2 is 1.67 bits per heavy atom. The Balaban J connectivity index is 2.51. The lowest BCUT2D eigenvalue weighted by atomic mass is 9.93. The number of anilines is 1. The van der Waals surface area contributed by atoms with Gasteiger partial charge in [-0.05, 0) is 93.4 Å². The highest BCUT2D eigenvalue weighted by atomic mass is 35.5. The van der Waals surface area contributed by atoms with Gasteiger partial charge in [-0.1, -0.05) is 69.2 Å². The minimum Gasteiger partial charge on any atom is -0.495 e. The van der Waals surface area contributed by atoms with E-state index in [1.807, 2.05) is 49.5 Å². The summed E-state index contributed by atoms with van der Waals surface area (Å²) in [6.07, 6.45) is 10.3. The number of ether oxygens (including phenoxy) is 8. The number of hydrogen-bond donors (Lipinski definition) is 0. The zero-order valence-corrected chi connectivity index (χ0v) is 43.2. The van der Waals surface area contributed by atoms with Crippen LogP contribution in [0, 0.1) is 5.92 Å². The van der Waals surface area contributed by atoms with Crippen LogP contribution in [0.15, 0.2) is 47.6 Å². The number of halogens is 1. The monoisotopic (exact) mass is 931 g/mol. The molecule has 0 saturated carbocycles. The summed E-state index contributed by atoms with van der Waals surface area (Å²) in [7, 11) is 5.81. The second kappa shape index (κ2) is 27.7. The number of thioether (sulfide) groups is 2. The predicted molar refractivity (Wildman–Crippen MR) is 257 cm³/mol. The van der Waals surface area contributed by atoms with E-state index in [0.717, 1.165) is 41.1 Å². The number of hydrogen-bond acceptors (Lipinski definition) is 12. The first kappa shape index (κ1) is 55.6. The van der Waals surface area contributed by atoms with Crippen LogP contribution in [0.4, 0.5) is 10.5 Å². The van der Waals surface area contributed by atoms with E-state index in [2.05, 4.69) is 78.9 Å². The molecule has 350 valence electrons. The van der Waals surface area contributed by atoms with Gasteiger partial charge in [0.15, 0.2) is 14.6 Å². The van der Waals surface area contributed by atoms with Crippen LogP contribution in [-0.2, 0) is 44.0 Å². The summed E-state index contributed by atoms with van der Waals surface area (Å²) in [5.41, 5.74) is 3.70. The van der Waals surface area contributed by atoms with Crippen LogP contribution in [0.25, 0.3) is 0 Å². The summed E-state index contributed by atoms with van der Waals surface area (Å²) >= 11 is 10.5. The van der Waals surface area contributed by atoms with Gasteiger partial charge in [-0.2, -0.15) is 0 Å². The van der Waals surface area contributed by atoms with E-state index >= 15 is 0 Å². The maximum atomic E-state index is 12.3. The molecule has 0 bridgehead atoms. The molecule has 1 saturated heterocycles. The SMILES string of the molecule is CCOC(C[C@H](O[Si](C)(C)C(C)(C)C)/C(C)=C/[C@H](C)[C@H](CC1([C@@H](/C=C/C=C(\C)Cc2cc(OC)c(Cl)c(N(C)C(=O)OC)c2)OC)SCCCS1)OCOCCOC)OCC. The molecule has 11 nitrogen and oxygen atoms in total. The van der Waals surface area contributed by atoms with Crippen molar-refractivity contribution in [3.63, 3.8) is 0 Å². The van der Waals surface area contributed by atoms with Crippen LogP contribution in [0.3, 0.4) is 0 Å². The predicted octanol–water partition coefficient (Wildman–Crippen LogP) is 11.3. The lowest BCUT2D eigenvalue weighted by molar-refractivity contribution is -0.148. The molecule has 1 amide bonds. The topological polar surface area (TPSA) is 103 Å². The zero-order valence-electron chi connectivity index (χ0n) is 39.9. The Kier molecular flexibility index (Phi) is 25.2. The van der Waals surface area contributed by atoms with Crippen molar-refractivity contribution >= 4 is 55.2 Å². The number of carbonyl (C=O) groups is 1. The molecule has 1 aromatic carbocycles. The summed E-state index contributed by atoms with van der Waals surface area (Å²) in [6, 6.07) is 3.79. The van der Waals surface area contributed by atoms with Crippen molar-refractivity contribution in [3.05, 3.63) is 58.2 Å². The van der Waals surface area contributed by atoms with Crippen LogP contribution < -0.4 is 9.64 Å². The van der Waals surface area contributed by atoms with Crippen molar-refractivity contribution in [2.75, 3.05) is 85.1 Å². The molecule has 1 aromatic rings. The van der Waals surface area contributed by atoms with Crippen molar-refractivity contribution < 1.29 is 47.1 Å². The minimum atomic E-state index is -2.17. The number of allylic oxidation sites excluding steroid dienone is 3. The number of rotatable bonds is 27. The van der Waals surface area contributed by atoms with Gasteiger partial charge in [0.2, 0.25) is 0 Å². The van der Waals surface area contributed by atoms with Gasteiger partial charge in [-0.3, -0.25) is 4.90 Å². The summed E-state index contributed by atoms with van der Waals surface area (Å²) in [6.45, 7) is 24.1. The highest BCUT2D eigenvalue weighted by Crippen LogP contribution is 2.50. The van der Waals surface area contributed by atoms with Gasteiger partial charge in [0.1, 0.15) is 17.6 Å². The van der Waals surface area contributed by atoms with Gasteiger partial charge in [-0.15, -0.1) is 23.5 Å². The van der Waals surface area contributed by atoms with Crippen LogP contribution >= 0.6 is 35.1 Å². The molecule has 1 aliphatic rings. The van der Waals surface area contributed by atoms with Gasteiger partial charge in [0.25, 0.3) is 0 Å². The van der Waals surface area contributed by atoms with Gasteiger partial charge in [0, 0.05) is 53.2 Å². The number of nitrogens with zero attached hydrogens (tertiary/aromatic N) is 1. The van der Waals surface area contributed by atoms with E-state index in [0.29, 0.717) is 55.7 Å². The molecule has 61 heavy (non-hydrogen) atoms. The Morgan fingerprint density at radius 3 is 2.23 bits per heavy atom. The van der Waals surface area contributed by atoms with Crippen molar-refractivity contribution in [2.24, 2.45) is 5.92 Å². The molecule has 0 spiro atoms. The first-order valence-corrected chi connectivity index (χ1v) is 26.7. The Bertz CT molecular complexity index is 1540. The van der Waals surface area contributed by atoms with E-state index in [1.54, 1.807) is 28.4 Å². The van der Waals surface area contributed by atoms with Gasteiger partial charge in [0.05, 0.1) is 55.5 Å². The van der Waals surface area contributed by atoms with Gasteiger partial charge < -0.3 is 42.3 Å². The fourth-order valence-electron chi connectivity index (χ4n) is 6.70. The Labute approximate surface area is 383 Å². The molecule has 4 atom stereocenters. The normalized spacial score (nSPS) is 17.4. The standard InChI is InChI=1S/C46H78ClNO10S2Si/c1-16-55-42(56-17-2)30-38(58-61(14,15)45(6,7)8)34(4)27-35(5)40(57-32-54-23-22-50-10)31-46(59-24-19-25-60-46)41(52-12)21-18-20-33(3)26-36-28-37(48(9)44(49)53-13)43(47)39(29-36)51-11/h18,20-21,27-29,35,38,40-42H,16-17,19,22-26,30-32H2,1-15H3/b21-18+,33-20+,34-27+/t35-,38-,40-,41+/m0/s1. The first-order valence-electron chi connectivity index (χ1n) is 21.4. The molecule has 0 aromatic heterocycles. The fourth-order valence-corrected chi connectivity index (χ4v) is 11.9. The molecule has 1 heterocycles. The molecule has 1 fully saturated rings. The van der Waals surface area contributed by atoms with Crippen LogP contribution in [0.2, 0.25) is 23.2 Å². The largest absolute Gasteiger partial charge is 0.495 e. The lowest BCUT2D eigenvalue weighted by Crippen LogP contribution is -2.45. The second-order valence-corrected chi connectivity index (χ2v) is 25.1. The minimum absolute atomic E-state index is 0.0114. The van der Waals surface area contributed by atoms with Crippen LogP contribution in [0.5, 0.6) is 5.75 Å². The van der Waals surface area contributed by atoms with Crippen molar-refractivity contribution in [3.8, 4) is 5.75 Å². The summed E-state index contributed by atoms with van der Waals surface area (Å²) in [4.78, 5) is 13.7. The highest BCUT2D eigenvalue weighted by Gasteiger charge is 2.44. The van der Waals surface area contributed by atoms with Crippen LogP contribution in [0.1, 0.15) is 80.2 Å². The van der Waals surface area contributed by atoms with E-state index in [4.69, 9.17) is 53.9 Å². The maximum Gasteiger partial charge on any atom is 0.413 e. The Morgan fingerprint density at radius 1 is 1.02 bits per heavy atom. The average molecular weight is 933 g/mol. The molecule has 15 heteroatoms. The molecule has 0 aliphatic carbocycles. The average Bonchev–Trinajstić information content (AvgIpc) is 3.21. The first-order chi connectivity index (χ1) is 28.8. The molecular formula is C46H78ClNO10S2Si. The molecule has 0 N–H and O–H groups in total. The molecule has 1 aliphatic heterocycles. The van der Waals surface area contributed by atoms with E-state index < -0.39 is 14.4 Å². The van der Waals surface area contributed by atoms with Crippen molar-refractivity contribution in [2.45, 2.75) is 128 Å². The third-order valence-corrected chi connectivity index (χ3v) is 19.5. The van der Waals surface area contributed by atoms with Gasteiger partial charge in [-0.25, -0.2) is 4.79 Å². The number of methoxy groups -OCH3 is 4. The van der Waals surface area contributed by atoms with E-state index in [-0.39, 0.29) is 46.4 Å². The molecule has 2 rings (SSSR count). The number of amides is 1. The lowest BCUT2D eigenvalue weighted by Gasteiger charge is -2.43. The molecular weight excluding hydrogens is 854 g/mol. The summed E-state index contributed by atoms with van der Waals surface area (Å²) in [5.74, 6) is 2.54. The summed E-state index contributed by atoms with van der Waals surface area (Å²) < 4.78 is 53.5. The fraction of sp³-hybridized carbons (Fsp3) is 0.717.